The highest BCUT2D eigenvalue weighted by Gasteiger charge is 2.83. The molecule has 6 atom stereocenters. The SMILES string of the molecule is C[C@@H]1CC[C@@H]2C(=O)[C@H]3[C@@H]4[C@H]3[C@]12CC4(C)C. The van der Waals surface area contributed by atoms with Crippen LogP contribution in [0.1, 0.15) is 40.0 Å². The summed E-state index contributed by atoms with van der Waals surface area (Å²) in [5, 5.41) is 0. The smallest absolute Gasteiger partial charge is 0.140 e. The fourth-order valence-corrected chi connectivity index (χ4v) is 6.13. The van der Waals surface area contributed by atoms with Crippen molar-refractivity contribution in [3.8, 4) is 0 Å². The van der Waals surface area contributed by atoms with Gasteiger partial charge in [0.05, 0.1) is 0 Å². The highest BCUT2D eigenvalue weighted by Crippen LogP contribution is 2.84. The molecule has 0 amide bonds. The number of carbonyl (C=O) groups is 1. The van der Waals surface area contributed by atoms with E-state index in [1.54, 1.807) is 0 Å². The maximum atomic E-state index is 12.3. The molecule has 4 rings (SSSR count). The maximum absolute atomic E-state index is 12.3. The van der Waals surface area contributed by atoms with Gasteiger partial charge in [-0.1, -0.05) is 20.8 Å². The van der Waals surface area contributed by atoms with E-state index >= 15 is 0 Å². The number of hydrogen-bond donors (Lipinski definition) is 0. The summed E-state index contributed by atoms with van der Waals surface area (Å²) in [5.74, 6) is 4.03. The van der Waals surface area contributed by atoms with Gasteiger partial charge < -0.3 is 0 Å². The third-order valence-corrected chi connectivity index (χ3v) is 6.43. The van der Waals surface area contributed by atoms with E-state index in [0.717, 1.165) is 17.8 Å². The standard InChI is InChI=1S/C14H20O/c1-7-4-5-8-12(15)9-10-11(9)14(7,8)6-13(10,2)3/h7-11H,4-6H2,1-3H3/t7-,8-,9+,10-,11+,14-/m1/s1. The lowest BCUT2D eigenvalue weighted by Gasteiger charge is -2.34. The Kier molecular flexibility index (Phi) is 1.20. The molecule has 4 saturated carbocycles. The molecule has 82 valence electrons. The van der Waals surface area contributed by atoms with Crippen LogP contribution in [0.15, 0.2) is 0 Å². The van der Waals surface area contributed by atoms with Crippen molar-refractivity contribution in [2.75, 3.05) is 0 Å². The van der Waals surface area contributed by atoms with E-state index in [9.17, 15) is 4.79 Å². The Morgan fingerprint density at radius 2 is 1.93 bits per heavy atom. The quantitative estimate of drug-likeness (QED) is 0.593. The van der Waals surface area contributed by atoms with Crippen molar-refractivity contribution in [3.05, 3.63) is 0 Å². The molecule has 1 nitrogen and oxygen atoms in total. The van der Waals surface area contributed by atoms with Gasteiger partial charge in [0.15, 0.2) is 0 Å². The Balaban J connectivity index is 1.90. The molecule has 4 fully saturated rings. The molecular weight excluding hydrogens is 184 g/mol. The Hall–Kier alpha value is -0.330. The zero-order chi connectivity index (χ0) is 10.6. The number of Topliss-reactive ketones (excluding diaryl/α,β-unsaturated/α-hetero) is 1. The summed E-state index contributed by atoms with van der Waals surface area (Å²) in [6.45, 7) is 7.21. The second kappa shape index (κ2) is 2.06. The molecule has 0 aromatic heterocycles. The monoisotopic (exact) mass is 204 g/mol. The normalized spacial score (nSPS) is 63.1. The van der Waals surface area contributed by atoms with Crippen molar-refractivity contribution in [1.29, 1.82) is 0 Å². The molecule has 0 aromatic rings. The van der Waals surface area contributed by atoms with Gasteiger partial charge in [-0.25, -0.2) is 0 Å². The topological polar surface area (TPSA) is 17.1 Å². The fraction of sp³-hybridized carbons (Fsp3) is 0.929. The average molecular weight is 204 g/mol. The maximum Gasteiger partial charge on any atom is 0.140 e. The third-order valence-electron chi connectivity index (χ3n) is 6.43. The van der Waals surface area contributed by atoms with Gasteiger partial charge in [-0.15, -0.1) is 0 Å². The molecule has 0 heterocycles. The number of ketones is 1. The van der Waals surface area contributed by atoms with Crippen LogP contribution in [0.4, 0.5) is 0 Å². The largest absolute Gasteiger partial charge is 0.299 e. The lowest BCUT2D eigenvalue weighted by atomic mass is 9.69. The van der Waals surface area contributed by atoms with E-state index in [4.69, 9.17) is 0 Å². The summed E-state index contributed by atoms with van der Waals surface area (Å²) in [4.78, 5) is 12.3. The molecule has 4 aliphatic carbocycles. The zero-order valence-corrected chi connectivity index (χ0v) is 9.92. The minimum Gasteiger partial charge on any atom is -0.299 e. The van der Waals surface area contributed by atoms with Gasteiger partial charge in [0, 0.05) is 11.8 Å². The van der Waals surface area contributed by atoms with E-state index in [0.29, 0.717) is 28.4 Å². The van der Waals surface area contributed by atoms with Crippen molar-refractivity contribution in [3.63, 3.8) is 0 Å². The van der Waals surface area contributed by atoms with Crippen LogP contribution in [0.25, 0.3) is 0 Å². The van der Waals surface area contributed by atoms with Gasteiger partial charge in [-0.05, 0) is 47.8 Å². The van der Waals surface area contributed by atoms with E-state index in [-0.39, 0.29) is 0 Å². The molecule has 0 radical (unpaired) electrons. The first-order valence-corrected chi connectivity index (χ1v) is 6.54. The fourth-order valence-electron chi connectivity index (χ4n) is 6.13. The van der Waals surface area contributed by atoms with Gasteiger partial charge in [0.2, 0.25) is 0 Å². The summed E-state index contributed by atoms with van der Waals surface area (Å²) >= 11 is 0. The van der Waals surface area contributed by atoms with E-state index in [1.807, 2.05) is 0 Å². The Morgan fingerprint density at radius 3 is 2.67 bits per heavy atom. The Morgan fingerprint density at radius 1 is 1.20 bits per heavy atom. The van der Waals surface area contributed by atoms with Crippen LogP contribution in [0.2, 0.25) is 0 Å². The van der Waals surface area contributed by atoms with Crippen LogP contribution < -0.4 is 0 Å². The first-order chi connectivity index (χ1) is 7.00. The summed E-state index contributed by atoms with van der Waals surface area (Å²) < 4.78 is 0. The summed E-state index contributed by atoms with van der Waals surface area (Å²) in [5.41, 5.74) is 0.925. The van der Waals surface area contributed by atoms with Gasteiger partial charge in [0.1, 0.15) is 5.78 Å². The second-order valence-electron chi connectivity index (χ2n) is 7.29. The van der Waals surface area contributed by atoms with E-state index in [2.05, 4.69) is 20.8 Å². The highest BCUT2D eigenvalue weighted by atomic mass is 16.1. The minimum absolute atomic E-state index is 0.457. The van der Waals surface area contributed by atoms with E-state index < -0.39 is 0 Å². The predicted octanol–water partition coefficient (Wildman–Crippen LogP) is 2.89. The van der Waals surface area contributed by atoms with Crippen molar-refractivity contribution >= 4 is 5.78 Å². The molecule has 0 aliphatic heterocycles. The molecule has 4 aliphatic rings. The van der Waals surface area contributed by atoms with Crippen molar-refractivity contribution < 1.29 is 4.79 Å². The van der Waals surface area contributed by atoms with Crippen LogP contribution in [0.5, 0.6) is 0 Å². The third kappa shape index (κ3) is 0.671. The first kappa shape index (κ1) is 8.78. The summed E-state index contributed by atoms with van der Waals surface area (Å²) in [7, 11) is 0. The van der Waals surface area contributed by atoms with Crippen LogP contribution in [0.3, 0.4) is 0 Å². The average Bonchev–Trinajstić information content (AvgIpc) is 2.71. The van der Waals surface area contributed by atoms with Crippen LogP contribution >= 0.6 is 0 Å². The first-order valence-electron chi connectivity index (χ1n) is 6.54. The number of hydrogen-bond acceptors (Lipinski definition) is 1. The van der Waals surface area contributed by atoms with Crippen molar-refractivity contribution in [2.45, 2.75) is 40.0 Å². The van der Waals surface area contributed by atoms with Crippen molar-refractivity contribution in [2.24, 2.45) is 40.4 Å². The van der Waals surface area contributed by atoms with E-state index in [1.165, 1.54) is 19.3 Å². The minimum atomic E-state index is 0.457. The van der Waals surface area contributed by atoms with Gasteiger partial charge in [-0.2, -0.15) is 0 Å². The van der Waals surface area contributed by atoms with Gasteiger partial charge in [-0.3, -0.25) is 4.79 Å². The molecule has 0 N–H and O–H groups in total. The molecule has 0 aromatic carbocycles. The lowest BCUT2D eigenvalue weighted by molar-refractivity contribution is -0.124. The Labute approximate surface area is 91.6 Å². The molecule has 1 heteroatoms. The highest BCUT2D eigenvalue weighted by molar-refractivity contribution is 5.92. The summed E-state index contributed by atoms with van der Waals surface area (Å²) in [6, 6.07) is 0. The molecule has 0 bridgehead atoms. The Bertz CT molecular complexity index is 370. The van der Waals surface area contributed by atoms with Crippen LogP contribution in [-0.4, -0.2) is 5.78 Å². The second-order valence-corrected chi connectivity index (χ2v) is 7.29. The predicted molar refractivity (Wildman–Crippen MR) is 58.2 cm³/mol. The number of fused-ring (bicyclic) bond motifs is 1. The molecule has 0 saturated heterocycles. The van der Waals surface area contributed by atoms with Gasteiger partial charge >= 0.3 is 0 Å². The lowest BCUT2D eigenvalue weighted by Crippen LogP contribution is -2.31. The molecule has 0 unspecified atom stereocenters. The number of carbonyl (C=O) groups excluding carboxylic acids is 1. The summed E-state index contributed by atoms with van der Waals surface area (Å²) in [6.07, 6.45) is 3.85. The van der Waals surface area contributed by atoms with Crippen LogP contribution in [0, 0.1) is 40.4 Å². The molecule has 1 spiro atoms. The molecule has 15 heavy (non-hydrogen) atoms. The van der Waals surface area contributed by atoms with Crippen molar-refractivity contribution in [1.82, 2.24) is 0 Å². The molecular formula is C14H20O. The zero-order valence-electron chi connectivity index (χ0n) is 9.92. The number of rotatable bonds is 0. The van der Waals surface area contributed by atoms with Crippen LogP contribution in [-0.2, 0) is 4.79 Å². The van der Waals surface area contributed by atoms with Gasteiger partial charge in [0.25, 0.3) is 0 Å².